The second-order valence-corrected chi connectivity index (χ2v) is 5.90. The number of amides is 1. The fraction of sp³-hybridized carbons (Fsp3) is 0.875. The minimum atomic E-state index is -3.20. The van der Waals surface area contributed by atoms with Crippen LogP contribution in [0, 0.1) is 0 Å². The summed E-state index contributed by atoms with van der Waals surface area (Å²) in [6, 6.07) is 0.393. The van der Waals surface area contributed by atoms with Gasteiger partial charge in [-0.1, -0.05) is 0 Å². The molecule has 2 aliphatic rings. The van der Waals surface area contributed by atoms with Crippen molar-refractivity contribution in [3.8, 4) is 0 Å². The second-order valence-electron chi connectivity index (χ2n) is 3.91. The summed E-state index contributed by atoms with van der Waals surface area (Å²) in [4.78, 5) is 13.4. The molecule has 2 fully saturated rings. The van der Waals surface area contributed by atoms with Crippen LogP contribution in [0.3, 0.4) is 0 Å². The standard InChI is InChI=1S/C8H14N2O3S/c1-14(12,13)9-4-5-10(7-2-3-7)8(11)6-9/h7H,2-6H2,1H3. The minimum absolute atomic E-state index is 0.0231. The van der Waals surface area contributed by atoms with E-state index in [4.69, 9.17) is 0 Å². The van der Waals surface area contributed by atoms with E-state index in [1.165, 1.54) is 4.31 Å². The Hall–Kier alpha value is -0.620. The van der Waals surface area contributed by atoms with Crippen molar-refractivity contribution in [2.75, 3.05) is 25.9 Å². The van der Waals surface area contributed by atoms with Crippen LogP contribution in [-0.2, 0) is 14.8 Å². The molecule has 2 rings (SSSR count). The predicted molar refractivity (Wildman–Crippen MR) is 51.2 cm³/mol. The van der Waals surface area contributed by atoms with Gasteiger partial charge in [-0.15, -0.1) is 0 Å². The highest BCUT2D eigenvalue weighted by Gasteiger charge is 2.37. The van der Waals surface area contributed by atoms with Gasteiger partial charge in [-0.3, -0.25) is 4.79 Å². The zero-order chi connectivity index (χ0) is 10.3. The maximum absolute atomic E-state index is 11.6. The summed E-state index contributed by atoms with van der Waals surface area (Å²) in [5, 5.41) is 0. The predicted octanol–water partition coefficient (Wildman–Crippen LogP) is -0.747. The van der Waals surface area contributed by atoms with Gasteiger partial charge in [0.1, 0.15) is 0 Å². The number of rotatable bonds is 2. The smallest absolute Gasteiger partial charge is 0.238 e. The molecule has 0 unspecified atom stereocenters. The van der Waals surface area contributed by atoms with Crippen molar-refractivity contribution in [3.63, 3.8) is 0 Å². The minimum Gasteiger partial charge on any atom is -0.337 e. The monoisotopic (exact) mass is 218 g/mol. The summed E-state index contributed by atoms with van der Waals surface area (Å²) in [5.74, 6) is -0.0517. The van der Waals surface area contributed by atoms with E-state index in [-0.39, 0.29) is 12.5 Å². The highest BCUT2D eigenvalue weighted by molar-refractivity contribution is 7.88. The molecule has 0 N–H and O–H groups in total. The van der Waals surface area contributed by atoms with Gasteiger partial charge in [-0.2, -0.15) is 4.31 Å². The summed E-state index contributed by atoms with van der Waals surface area (Å²) < 4.78 is 23.6. The summed E-state index contributed by atoms with van der Waals surface area (Å²) in [6.45, 7) is 1.02. The van der Waals surface area contributed by atoms with Crippen LogP contribution >= 0.6 is 0 Å². The van der Waals surface area contributed by atoms with Crippen LogP contribution in [0.5, 0.6) is 0 Å². The number of piperazine rings is 1. The number of hydrogen-bond acceptors (Lipinski definition) is 3. The molecule has 0 atom stereocenters. The normalized spacial score (nSPS) is 25.5. The van der Waals surface area contributed by atoms with Crippen LogP contribution in [-0.4, -0.2) is 55.5 Å². The van der Waals surface area contributed by atoms with E-state index in [0.29, 0.717) is 19.1 Å². The number of sulfonamides is 1. The first-order valence-corrected chi connectivity index (χ1v) is 6.58. The van der Waals surface area contributed by atoms with E-state index in [2.05, 4.69) is 0 Å². The highest BCUT2D eigenvalue weighted by Crippen LogP contribution is 2.28. The molecule has 6 heteroatoms. The Morgan fingerprint density at radius 2 is 1.93 bits per heavy atom. The Labute approximate surface area is 83.7 Å². The Morgan fingerprint density at radius 3 is 2.36 bits per heavy atom. The molecule has 0 aromatic heterocycles. The van der Waals surface area contributed by atoms with Crippen LogP contribution in [0.25, 0.3) is 0 Å². The average molecular weight is 218 g/mol. The van der Waals surface area contributed by atoms with Crippen molar-refractivity contribution in [2.24, 2.45) is 0 Å². The molecule has 80 valence electrons. The van der Waals surface area contributed by atoms with Gasteiger partial charge >= 0.3 is 0 Å². The number of carbonyl (C=O) groups excluding carboxylic acids is 1. The Balaban J connectivity index is 2.02. The fourth-order valence-electron chi connectivity index (χ4n) is 1.72. The molecular weight excluding hydrogens is 204 g/mol. The third-order valence-electron chi connectivity index (χ3n) is 2.68. The molecule has 0 bridgehead atoms. The first kappa shape index (κ1) is 9.92. The largest absolute Gasteiger partial charge is 0.337 e. The zero-order valence-electron chi connectivity index (χ0n) is 8.14. The summed E-state index contributed by atoms with van der Waals surface area (Å²) in [6.07, 6.45) is 3.29. The van der Waals surface area contributed by atoms with Crippen molar-refractivity contribution in [3.05, 3.63) is 0 Å². The third kappa shape index (κ3) is 1.90. The Bertz CT molecular complexity index is 348. The second kappa shape index (κ2) is 3.20. The number of nitrogens with zero attached hydrogens (tertiary/aromatic N) is 2. The Kier molecular flexibility index (Phi) is 2.27. The first-order valence-electron chi connectivity index (χ1n) is 4.73. The molecule has 0 aromatic carbocycles. The average Bonchev–Trinajstić information content (AvgIpc) is 2.85. The van der Waals surface area contributed by atoms with Crippen molar-refractivity contribution >= 4 is 15.9 Å². The van der Waals surface area contributed by atoms with Crippen LogP contribution in [0.2, 0.25) is 0 Å². The van der Waals surface area contributed by atoms with Crippen molar-refractivity contribution in [1.82, 2.24) is 9.21 Å². The molecule has 5 nitrogen and oxygen atoms in total. The van der Waals surface area contributed by atoms with E-state index in [0.717, 1.165) is 19.1 Å². The third-order valence-corrected chi connectivity index (χ3v) is 3.93. The van der Waals surface area contributed by atoms with E-state index < -0.39 is 10.0 Å². The van der Waals surface area contributed by atoms with Crippen molar-refractivity contribution < 1.29 is 13.2 Å². The quantitative estimate of drug-likeness (QED) is 0.613. The number of carbonyl (C=O) groups is 1. The van der Waals surface area contributed by atoms with Crippen LogP contribution < -0.4 is 0 Å². The van der Waals surface area contributed by atoms with Gasteiger partial charge in [-0.25, -0.2) is 8.42 Å². The first-order chi connectivity index (χ1) is 6.48. The summed E-state index contributed by atoms with van der Waals surface area (Å²) in [5.41, 5.74) is 0. The topological polar surface area (TPSA) is 57.7 Å². The van der Waals surface area contributed by atoms with Crippen LogP contribution in [0.15, 0.2) is 0 Å². The molecule has 0 spiro atoms. The molecule has 1 aliphatic carbocycles. The molecule has 1 aliphatic heterocycles. The van der Waals surface area contributed by atoms with Crippen molar-refractivity contribution in [1.29, 1.82) is 0 Å². The van der Waals surface area contributed by atoms with E-state index in [1.54, 1.807) is 0 Å². The van der Waals surface area contributed by atoms with Crippen LogP contribution in [0.1, 0.15) is 12.8 Å². The molecule has 1 amide bonds. The molecule has 1 saturated carbocycles. The lowest BCUT2D eigenvalue weighted by Crippen LogP contribution is -2.52. The van der Waals surface area contributed by atoms with Gasteiger partial charge in [0.25, 0.3) is 0 Å². The van der Waals surface area contributed by atoms with Crippen molar-refractivity contribution in [2.45, 2.75) is 18.9 Å². The molecule has 1 saturated heterocycles. The van der Waals surface area contributed by atoms with E-state index in [1.807, 2.05) is 4.90 Å². The molecule has 0 radical (unpaired) electrons. The molecule has 14 heavy (non-hydrogen) atoms. The zero-order valence-corrected chi connectivity index (χ0v) is 8.96. The van der Waals surface area contributed by atoms with E-state index >= 15 is 0 Å². The number of hydrogen-bond donors (Lipinski definition) is 0. The van der Waals surface area contributed by atoms with Gasteiger partial charge in [0.05, 0.1) is 12.8 Å². The van der Waals surface area contributed by atoms with Gasteiger partial charge in [0, 0.05) is 19.1 Å². The summed E-state index contributed by atoms with van der Waals surface area (Å²) in [7, 11) is -3.20. The SMILES string of the molecule is CS(=O)(=O)N1CCN(C2CC2)C(=O)C1. The van der Waals surface area contributed by atoms with Gasteiger partial charge in [-0.05, 0) is 12.8 Å². The molecular formula is C8H14N2O3S. The fourth-order valence-corrected chi connectivity index (χ4v) is 2.48. The maximum Gasteiger partial charge on any atom is 0.238 e. The maximum atomic E-state index is 11.6. The van der Waals surface area contributed by atoms with Gasteiger partial charge in [0.15, 0.2) is 0 Å². The van der Waals surface area contributed by atoms with Gasteiger partial charge < -0.3 is 4.90 Å². The van der Waals surface area contributed by atoms with Gasteiger partial charge in [0.2, 0.25) is 15.9 Å². The highest BCUT2D eigenvalue weighted by atomic mass is 32.2. The molecule has 0 aromatic rings. The lowest BCUT2D eigenvalue weighted by atomic mass is 10.3. The Morgan fingerprint density at radius 1 is 1.29 bits per heavy atom. The molecule has 1 heterocycles. The lowest BCUT2D eigenvalue weighted by molar-refractivity contribution is -0.134. The van der Waals surface area contributed by atoms with Crippen LogP contribution in [0.4, 0.5) is 0 Å². The summed E-state index contributed by atoms with van der Waals surface area (Å²) >= 11 is 0. The van der Waals surface area contributed by atoms with E-state index in [9.17, 15) is 13.2 Å². The lowest BCUT2D eigenvalue weighted by Gasteiger charge is -2.32.